The predicted octanol–water partition coefficient (Wildman–Crippen LogP) is 5.98. The van der Waals surface area contributed by atoms with Crippen LogP contribution in [0.5, 0.6) is 11.5 Å². The second-order valence-corrected chi connectivity index (χ2v) is 11.1. The Morgan fingerprint density at radius 3 is 1.22 bits per heavy atom. The van der Waals surface area contributed by atoms with E-state index in [2.05, 4.69) is 103 Å². The zero-order valence-corrected chi connectivity index (χ0v) is 19.7. The van der Waals surface area contributed by atoms with E-state index in [1.54, 1.807) is 0 Å². The first kappa shape index (κ1) is 22.1. The van der Waals surface area contributed by atoms with E-state index in [9.17, 15) is 0 Å². The summed E-state index contributed by atoms with van der Waals surface area (Å²) in [5, 5.41) is 4.06. The number of hydrogen-bond acceptors (Lipinski definition) is 2. The molecule has 0 unspecified atom stereocenters. The highest BCUT2D eigenvalue weighted by Crippen LogP contribution is 2.60. The smallest absolute Gasteiger partial charge is 0.129 e. The fraction of sp³-hybridized carbons (Fsp3) is 0.172. The van der Waals surface area contributed by atoms with Gasteiger partial charge in [-0.1, -0.05) is 60.7 Å². The molecule has 0 bridgehead atoms. The van der Waals surface area contributed by atoms with E-state index < -0.39 is 7.26 Å². The van der Waals surface area contributed by atoms with Crippen LogP contribution in [0, 0.1) is 0 Å². The summed E-state index contributed by atoms with van der Waals surface area (Å²) >= 11 is 0. The number of hydrogen-bond donors (Lipinski definition) is 0. The molecule has 0 spiro atoms. The van der Waals surface area contributed by atoms with E-state index in [0.717, 1.165) is 23.2 Å². The van der Waals surface area contributed by atoms with Gasteiger partial charge in [0.2, 0.25) is 0 Å². The van der Waals surface area contributed by atoms with Crippen molar-refractivity contribution in [3.8, 4) is 11.5 Å². The van der Waals surface area contributed by atoms with Gasteiger partial charge in [0.1, 0.15) is 40.8 Å². The molecule has 0 N–H and O–H groups in total. The highest BCUT2D eigenvalue weighted by molar-refractivity contribution is 7.95. The van der Waals surface area contributed by atoms with Crippen molar-refractivity contribution in [3.05, 3.63) is 115 Å². The Labute approximate surface area is 192 Å². The summed E-state index contributed by atoms with van der Waals surface area (Å²) in [5.41, 5.74) is 1.14. The van der Waals surface area contributed by atoms with E-state index in [-0.39, 0.29) is 0 Å². The number of rotatable bonds is 9. The molecule has 4 rings (SSSR count). The fourth-order valence-electron chi connectivity index (χ4n) is 4.29. The van der Waals surface area contributed by atoms with Crippen molar-refractivity contribution in [2.24, 2.45) is 0 Å². The quantitative estimate of drug-likeness (QED) is 0.298. The molecule has 2 nitrogen and oxygen atoms in total. The van der Waals surface area contributed by atoms with Crippen LogP contribution in [-0.4, -0.2) is 13.2 Å². The molecule has 0 heterocycles. The zero-order chi connectivity index (χ0) is 22.2. The molecule has 0 aromatic heterocycles. The van der Waals surface area contributed by atoms with Crippen molar-refractivity contribution in [1.82, 2.24) is 0 Å². The van der Waals surface area contributed by atoms with Crippen LogP contribution in [0.25, 0.3) is 0 Å². The predicted molar refractivity (Wildman–Crippen MR) is 138 cm³/mol. The van der Waals surface area contributed by atoms with Gasteiger partial charge in [0.05, 0.1) is 18.8 Å². The lowest BCUT2D eigenvalue weighted by Gasteiger charge is -2.29. The van der Waals surface area contributed by atoms with Crippen LogP contribution >= 0.6 is 7.26 Å². The van der Waals surface area contributed by atoms with Gasteiger partial charge in [0, 0.05) is 0 Å². The van der Waals surface area contributed by atoms with Gasteiger partial charge in [0.15, 0.2) is 0 Å². The monoisotopic (exact) mass is 441 g/mol. The molecule has 32 heavy (non-hydrogen) atoms. The summed E-state index contributed by atoms with van der Waals surface area (Å²) in [4.78, 5) is 0. The Bertz CT molecular complexity index is 991. The molecular formula is C29H30O2P+. The molecule has 3 heteroatoms. The van der Waals surface area contributed by atoms with Crippen molar-refractivity contribution in [1.29, 1.82) is 0 Å². The standard InChI is InChI=1S/C29H30O2P/c1-3-30-28-21-14-22-29(31-4-2)27(28)23-32(24-15-8-5-9-16-24,25-17-10-6-11-18-25)26-19-12-7-13-20-26/h5-22H,3-4,23H2,1-2H3/q+1. The lowest BCUT2D eigenvalue weighted by Crippen LogP contribution is -2.32. The van der Waals surface area contributed by atoms with E-state index in [1.807, 2.05) is 19.9 Å². The summed E-state index contributed by atoms with van der Waals surface area (Å²) in [6.45, 7) is 5.31. The maximum Gasteiger partial charge on any atom is 0.129 e. The third kappa shape index (κ3) is 4.42. The first-order valence-electron chi connectivity index (χ1n) is 11.2. The highest BCUT2D eigenvalue weighted by Gasteiger charge is 2.46. The van der Waals surface area contributed by atoms with Crippen molar-refractivity contribution in [2.75, 3.05) is 13.2 Å². The van der Waals surface area contributed by atoms with Crippen molar-refractivity contribution >= 4 is 23.2 Å². The minimum absolute atomic E-state index is 0.621. The fourth-order valence-corrected chi connectivity index (χ4v) is 8.56. The van der Waals surface area contributed by atoms with Crippen LogP contribution in [0.3, 0.4) is 0 Å². The Kier molecular flexibility index (Phi) is 7.24. The van der Waals surface area contributed by atoms with Crippen LogP contribution in [0.4, 0.5) is 0 Å². The molecule has 0 atom stereocenters. The zero-order valence-electron chi connectivity index (χ0n) is 18.8. The van der Waals surface area contributed by atoms with Gasteiger partial charge in [-0.2, -0.15) is 0 Å². The normalized spacial score (nSPS) is 11.2. The van der Waals surface area contributed by atoms with E-state index in [1.165, 1.54) is 15.9 Å². The Morgan fingerprint density at radius 2 is 0.875 bits per heavy atom. The topological polar surface area (TPSA) is 18.5 Å². The lowest BCUT2D eigenvalue weighted by atomic mass is 10.2. The maximum atomic E-state index is 6.12. The van der Waals surface area contributed by atoms with E-state index in [0.29, 0.717) is 13.2 Å². The Balaban J connectivity index is 2.02. The molecule has 4 aromatic rings. The first-order valence-corrected chi connectivity index (χ1v) is 13.2. The average molecular weight is 442 g/mol. The molecule has 0 amide bonds. The minimum Gasteiger partial charge on any atom is -0.493 e. The van der Waals surface area contributed by atoms with Gasteiger partial charge in [0.25, 0.3) is 0 Å². The van der Waals surface area contributed by atoms with Crippen LogP contribution in [0.2, 0.25) is 0 Å². The average Bonchev–Trinajstić information content (AvgIpc) is 2.86. The first-order chi connectivity index (χ1) is 15.8. The molecule has 0 saturated heterocycles. The third-order valence-corrected chi connectivity index (χ3v) is 10.0. The van der Waals surface area contributed by atoms with Crippen LogP contribution < -0.4 is 25.4 Å². The second kappa shape index (κ2) is 10.5. The molecular weight excluding hydrogens is 411 g/mol. The SMILES string of the molecule is CCOc1cccc(OCC)c1C[P+](c1ccccc1)(c1ccccc1)c1ccccc1. The van der Waals surface area contributed by atoms with Crippen molar-refractivity contribution in [2.45, 2.75) is 20.0 Å². The van der Waals surface area contributed by atoms with E-state index in [4.69, 9.17) is 9.47 Å². The molecule has 4 aromatic carbocycles. The molecule has 0 fully saturated rings. The van der Waals surface area contributed by atoms with Gasteiger partial charge in [-0.15, -0.1) is 0 Å². The summed E-state index contributed by atoms with van der Waals surface area (Å²) in [6.07, 6.45) is 0.830. The molecule has 0 aliphatic carbocycles. The van der Waals surface area contributed by atoms with E-state index >= 15 is 0 Å². The molecule has 0 radical (unpaired) electrons. The summed E-state index contributed by atoms with van der Waals surface area (Å²) < 4.78 is 12.2. The van der Waals surface area contributed by atoms with Crippen molar-refractivity contribution in [3.63, 3.8) is 0 Å². The highest BCUT2D eigenvalue weighted by atomic mass is 31.2. The van der Waals surface area contributed by atoms with Gasteiger partial charge < -0.3 is 9.47 Å². The summed E-state index contributed by atoms with van der Waals surface area (Å²) in [7, 11) is -2.04. The van der Waals surface area contributed by atoms with Crippen LogP contribution in [0.1, 0.15) is 19.4 Å². The molecule has 162 valence electrons. The Morgan fingerprint density at radius 1 is 0.500 bits per heavy atom. The van der Waals surface area contributed by atoms with Gasteiger partial charge in [-0.05, 0) is 62.4 Å². The van der Waals surface area contributed by atoms with Crippen LogP contribution in [-0.2, 0) is 6.16 Å². The maximum absolute atomic E-state index is 6.12. The van der Waals surface area contributed by atoms with Gasteiger partial charge >= 0.3 is 0 Å². The second-order valence-electron chi connectivity index (χ2n) is 7.57. The molecule has 0 aliphatic rings. The largest absolute Gasteiger partial charge is 0.493 e. The number of benzene rings is 4. The minimum atomic E-state index is -2.04. The summed E-state index contributed by atoms with van der Waals surface area (Å²) in [5.74, 6) is 1.82. The summed E-state index contributed by atoms with van der Waals surface area (Å²) in [6, 6.07) is 39.0. The molecule has 0 saturated carbocycles. The number of ether oxygens (including phenoxy) is 2. The third-order valence-electron chi connectivity index (χ3n) is 5.68. The van der Waals surface area contributed by atoms with Gasteiger partial charge in [-0.25, -0.2) is 0 Å². The van der Waals surface area contributed by atoms with Crippen molar-refractivity contribution < 1.29 is 9.47 Å². The Hall–Kier alpha value is -3.09. The van der Waals surface area contributed by atoms with Gasteiger partial charge in [-0.3, -0.25) is 0 Å². The lowest BCUT2D eigenvalue weighted by molar-refractivity contribution is 0.318. The van der Waals surface area contributed by atoms with Crippen LogP contribution in [0.15, 0.2) is 109 Å². The molecule has 0 aliphatic heterocycles.